The highest BCUT2D eigenvalue weighted by atomic mass is 35.5. The molecule has 1 aromatic carbocycles. The van der Waals surface area contributed by atoms with Gasteiger partial charge in [0.25, 0.3) is 0 Å². The number of benzene rings is 1. The maximum absolute atomic E-state index is 13.7. The average molecular weight is 475 g/mol. The Morgan fingerprint density at radius 2 is 1.75 bits per heavy atom. The van der Waals surface area contributed by atoms with Crippen molar-refractivity contribution in [3.05, 3.63) is 57.8 Å². The lowest BCUT2D eigenvalue weighted by molar-refractivity contribution is -0.149. The van der Waals surface area contributed by atoms with E-state index in [1.807, 2.05) is 54.0 Å². The van der Waals surface area contributed by atoms with Gasteiger partial charge in [-0.25, -0.2) is 0 Å². The number of rotatable bonds is 9. The van der Waals surface area contributed by atoms with Crippen LogP contribution in [0.3, 0.4) is 0 Å². The van der Waals surface area contributed by atoms with E-state index in [1.165, 1.54) is 16.9 Å². The second-order valence-corrected chi connectivity index (χ2v) is 10.8. The summed E-state index contributed by atoms with van der Waals surface area (Å²) >= 11 is 7.82. The summed E-state index contributed by atoms with van der Waals surface area (Å²) in [5.41, 5.74) is 1.60. The molecule has 0 radical (unpaired) electrons. The highest BCUT2D eigenvalue weighted by molar-refractivity contribution is 7.10. The van der Waals surface area contributed by atoms with Gasteiger partial charge in [-0.3, -0.25) is 9.59 Å². The number of hydrogen-bond donors (Lipinski definition) is 0. The van der Waals surface area contributed by atoms with Crippen LogP contribution in [0.1, 0.15) is 62.0 Å². The molecule has 32 heavy (non-hydrogen) atoms. The molecule has 3 rings (SSSR count). The van der Waals surface area contributed by atoms with Gasteiger partial charge in [-0.2, -0.15) is 0 Å². The van der Waals surface area contributed by atoms with Crippen molar-refractivity contribution < 1.29 is 9.59 Å². The van der Waals surface area contributed by atoms with E-state index in [2.05, 4.69) is 18.4 Å². The van der Waals surface area contributed by atoms with Gasteiger partial charge < -0.3 is 9.80 Å². The van der Waals surface area contributed by atoms with Crippen LogP contribution in [0, 0.1) is 12.3 Å². The quantitative estimate of drug-likeness (QED) is 0.417. The molecule has 0 saturated heterocycles. The fourth-order valence-corrected chi connectivity index (χ4v) is 5.26. The molecule has 1 aromatic heterocycles. The Labute approximate surface area is 201 Å². The van der Waals surface area contributed by atoms with Crippen LogP contribution in [-0.2, 0) is 22.7 Å². The predicted molar refractivity (Wildman–Crippen MR) is 133 cm³/mol. The zero-order chi connectivity index (χ0) is 23.1. The Morgan fingerprint density at radius 1 is 1.06 bits per heavy atom. The zero-order valence-electron chi connectivity index (χ0n) is 19.5. The van der Waals surface area contributed by atoms with Crippen molar-refractivity contribution in [2.24, 2.45) is 5.41 Å². The van der Waals surface area contributed by atoms with Crippen molar-refractivity contribution in [2.45, 2.75) is 72.0 Å². The minimum absolute atomic E-state index is 0.00838. The van der Waals surface area contributed by atoms with Gasteiger partial charge in [0, 0.05) is 23.3 Å². The highest BCUT2D eigenvalue weighted by Crippen LogP contribution is 2.29. The fourth-order valence-electron chi connectivity index (χ4n) is 4.23. The van der Waals surface area contributed by atoms with Crippen LogP contribution in [0.25, 0.3) is 0 Å². The molecule has 0 spiro atoms. The predicted octanol–water partition coefficient (Wildman–Crippen LogP) is 6.01. The lowest BCUT2D eigenvalue weighted by Crippen LogP contribution is -2.52. The Bertz CT molecular complexity index is 890. The van der Waals surface area contributed by atoms with Gasteiger partial charge in [0.2, 0.25) is 11.8 Å². The van der Waals surface area contributed by atoms with Crippen molar-refractivity contribution in [2.75, 3.05) is 12.4 Å². The van der Waals surface area contributed by atoms with Gasteiger partial charge in [0.05, 0.1) is 12.0 Å². The van der Waals surface area contributed by atoms with Gasteiger partial charge in [-0.15, -0.1) is 22.9 Å². The van der Waals surface area contributed by atoms with Gasteiger partial charge in [-0.05, 0) is 56.2 Å². The van der Waals surface area contributed by atoms with Gasteiger partial charge >= 0.3 is 0 Å². The number of nitrogens with zero attached hydrogens (tertiary/aromatic N) is 2. The second kappa shape index (κ2) is 11.3. The normalized spacial score (nSPS) is 14.9. The van der Waals surface area contributed by atoms with Crippen LogP contribution in [0.5, 0.6) is 0 Å². The maximum atomic E-state index is 13.7. The fraction of sp³-hybridized carbons (Fsp3) is 0.538. The number of carbonyl (C=O) groups excluding carboxylic acids is 2. The number of aryl methyl sites for hydroxylation is 1. The van der Waals surface area contributed by atoms with Crippen molar-refractivity contribution in [1.29, 1.82) is 0 Å². The highest BCUT2D eigenvalue weighted by Gasteiger charge is 2.37. The van der Waals surface area contributed by atoms with Crippen molar-refractivity contribution in [3.63, 3.8) is 0 Å². The molecule has 0 aliphatic heterocycles. The first-order valence-corrected chi connectivity index (χ1v) is 12.9. The molecule has 0 N–H and O–H groups in total. The summed E-state index contributed by atoms with van der Waals surface area (Å²) in [7, 11) is 0. The Balaban J connectivity index is 1.84. The zero-order valence-corrected chi connectivity index (χ0v) is 21.1. The Morgan fingerprint density at radius 3 is 2.34 bits per heavy atom. The third kappa shape index (κ3) is 6.35. The first-order chi connectivity index (χ1) is 15.3. The van der Waals surface area contributed by atoms with Crippen molar-refractivity contribution in [3.8, 4) is 0 Å². The first kappa shape index (κ1) is 24.8. The minimum atomic E-state index is -0.687. The van der Waals surface area contributed by atoms with Gasteiger partial charge in [0.15, 0.2) is 0 Å². The summed E-state index contributed by atoms with van der Waals surface area (Å²) in [5.74, 6) is 0.219. The smallest absolute Gasteiger partial charge is 0.242 e. The SMILES string of the molecule is Cc1ccsc1CN(Cc1ccccc1)C(=O)CN(C(=O)C(C)(C)CCl)C1CCCCC1. The summed E-state index contributed by atoms with van der Waals surface area (Å²) in [6.45, 7) is 7.03. The van der Waals surface area contributed by atoms with E-state index in [9.17, 15) is 9.59 Å². The monoisotopic (exact) mass is 474 g/mol. The van der Waals surface area contributed by atoms with Crippen LogP contribution >= 0.6 is 22.9 Å². The number of amides is 2. The average Bonchev–Trinajstić information content (AvgIpc) is 3.22. The molecule has 174 valence electrons. The molecule has 0 atom stereocenters. The van der Waals surface area contributed by atoms with E-state index in [4.69, 9.17) is 11.6 Å². The third-order valence-corrected chi connectivity index (χ3v) is 8.04. The van der Waals surface area contributed by atoms with Crippen LogP contribution < -0.4 is 0 Å². The molecule has 0 unspecified atom stereocenters. The molecular weight excluding hydrogens is 440 g/mol. The van der Waals surface area contributed by atoms with E-state index in [0.717, 1.165) is 31.2 Å². The first-order valence-electron chi connectivity index (χ1n) is 11.5. The van der Waals surface area contributed by atoms with Gasteiger partial charge in [-0.1, -0.05) is 49.6 Å². The van der Waals surface area contributed by atoms with E-state index in [-0.39, 0.29) is 30.3 Å². The van der Waals surface area contributed by atoms with Crippen LogP contribution in [0.15, 0.2) is 41.8 Å². The van der Waals surface area contributed by atoms with Gasteiger partial charge in [0.1, 0.15) is 6.54 Å². The van der Waals surface area contributed by atoms with Crippen molar-refractivity contribution >= 4 is 34.8 Å². The van der Waals surface area contributed by atoms with Crippen LogP contribution in [-0.4, -0.2) is 40.1 Å². The Hall–Kier alpha value is -1.85. The van der Waals surface area contributed by atoms with E-state index in [0.29, 0.717) is 13.1 Å². The molecule has 1 saturated carbocycles. The maximum Gasteiger partial charge on any atom is 0.242 e. The molecule has 4 nitrogen and oxygen atoms in total. The van der Waals surface area contributed by atoms with E-state index < -0.39 is 5.41 Å². The number of hydrogen-bond acceptors (Lipinski definition) is 3. The molecule has 1 aliphatic rings. The van der Waals surface area contributed by atoms with E-state index >= 15 is 0 Å². The lowest BCUT2D eigenvalue weighted by atomic mass is 9.89. The number of halogens is 1. The summed E-state index contributed by atoms with van der Waals surface area (Å²) in [6.07, 6.45) is 5.32. The molecule has 1 heterocycles. The topological polar surface area (TPSA) is 40.6 Å². The third-order valence-electron chi connectivity index (χ3n) is 6.37. The van der Waals surface area contributed by atoms with Crippen LogP contribution in [0.4, 0.5) is 0 Å². The molecule has 2 aromatic rings. The number of carbonyl (C=O) groups is 2. The van der Waals surface area contributed by atoms with Crippen molar-refractivity contribution in [1.82, 2.24) is 9.80 Å². The summed E-state index contributed by atoms with van der Waals surface area (Å²) in [4.78, 5) is 32.0. The number of thiophene rings is 1. The number of alkyl halides is 1. The van der Waals surface area contributed by atoms with E-state index in [1.54, 1.807) is 11.3 Å². The Kier molecular flexibility index (Phi) is 8.78. The molecular formula is C26H35ClN2O2S. The summed E-state index contributed by atoms with van der Waals surface area (Å²) in [5, 5.41) is 2.07. The molecule has 2 amide bonds. The lowest BCUT2D eigenvalue weighted by Gasteiger charge is -2.39. The summed E-state index contributed by atoms with van der Waals surface area (Å²) in [6, 6.07) is 12.3. The summed E-state index contributed by atoms with van der Waals surface area (Å²) < 4.78 is 0. The van der Waals surface area contributed by atoms with Crippen LogP contribution in [0.2, 0.25) is 0 Å². The largest absolute Gasteiger partial charge is 0.332 e. The molecule has 1 aliphatic carbocycles. The molecule has 1 fully saturated rings. The standard InChI is InChI=1S/C26H35ClN2O2S/c1-20-14-15-32-23(20)17-28(16-21-10-6-4-7-11-21)24(30)18-29(22-12-8-5-9-13-22)25(31)26(2,3)19-27/h4,6-7,10-11,14-15,22H,5,8-9,12-13,16-19H2,1-3H3. The second-order valence-electron chi connectivity index (χ2n) is 9.50. The minimum Gasteiger partial charge on any atom is -0.332 e. The molecule has 6 heteroatoms. The molecule has 0 bridgehead atoms.